The van der Waals surface area contributed by atoms with Crippen LogP contribution in [-0.2, 0) is 24.7 Å². The van der Waals surface area contributed by atoms with Crippen LogP contribution >= 0.6 is 11.6 Å². The third-order valence-electron chi connectivity index (χ3n) is 3.26. The highest BCUT2D eigenvalue weighted by molar-refractivity contribution is 6.30. The van der Waals surface area contributed by atoms with E-state index < -0.39 is 23.5 Å². The number of methoxy groups -OCH3 is 1. The Hall–Kier alpha value is -1.55. The van der Waals surface area contributed by atoms with E-state index in [1.54, 1.807) is 31.2 Å². The van der Waals surface area contributed by atoms with Gasteiger partial charge in [-0.05, 0) is 24.6 Å². The summed E-state index contributed by atoms with van der Waals surface area (Å²) >= 11 is 5.82. The molecule has 1 saturated heterocycles. The van der Waals surface area contributed by atoms with Crippen molar-refractivity contribution in [2.24, 2.45) is 5.92 Å². The van der Waals surface area contributed by atoms with Gasteiger partial charge in [0.15, 0.2) is 0 Å². The van der Waals surface area contributed by atoms with Crippen molar-refractivity contribution in [3.63, 3.8) is 0 Å². The van der Waals surface area contributed by atoms with Crippen LogP contribution < -0.4 is 0 Å². The number of hydrogen-bond acceptors (Lipinski definition) is 4. The summed E-state index contributed by atoms with van der Waals surface area (Å²) in [7, 11) is 1.30. The maximum absolute atomic E-state index is 11.7. The second-order valence-electron chi connectivity index (χ2n) is 4.37. The second kappa shape index (κ2) is 4.61. The van der Waals surface area contributed by atoms with Gasteiger partial charge in [-0.3, -0.25) is 9.59 Å². The highest BCUT2D eigenvalue weighted by Gasteiger charge is 2.51. The zero-order chi connectivity index (χ0) is 13.3. The predicted octanol–water partition coefficient (Wildman–Crippen LogP) is 2.29. The Morgan fingerprint density at radius 3 is 2.61 bits per heavy atom. The van der Waals surface area contributed by atoms with Gasteiger partial charge >= 0.3 is 11.9 Å². The number of hydrogen-bond donors (Lipinski definition) is 0. The summed E-state index contributed by atoms with van der Waals surface area (Å²) in [6.07, 6.45) is 0.0335. The van der Waals surface area contributed by atoms with Crippen LogP contribution in [0.1, 0.15) is 18.9 Å². The summed E-state index contributed by atoms with van der Waals surface area (Å²) in [4.78, 5) is 23.2. The van der Waals surface area contributed by atoms with Gasteiger partial charge in [-0.15, -0.1) is 0 Å². The van der Waals surface area contributed by atoms with Crippen LogP contribution in [0.5, 0.6) is 0 Å². The lowest BCUT2D eigenvalue weighted by atomic mass is 9.83. The first-order valence-corrected chi connectivity index (χ1v) is 5.91. The van der Waals surface area contributed by atoms with Gasteiger partial charge in [-0.25, -0.2) is 0 Å². The molecular weight excluding hydrogens is 256 g/mol. The van der Waals surface area contributed by atoms with Gasteiger partial charge < -0.3 is 9.47 Å². The molecular formula is C13H13ClO4. The first-order chi connectivity index (χ1) is 8.47. The average Bonchev–Trinajstić information content (AvgIpc) is 2.65. The highest BCUT2D eigenvalue weighted by atomic mass is 35.5. The molecule has 0 bridgehead atoms. The van der Waals surface area contributed by atoms with Gasteiger partial charge in [0.2, 0.25) is 0 Å². The van der Waals surface area contributed by atoms with E-state index >= 15 is 0 Å². The molecule has 2 atom stereocenters. The molecule has 5 heteroatoms. The number of carbonyl (C=O) groups excluding carboxylic acids is 2. The molecule has 1 aromatic rings. The molecule has 1 aliphatic rings. The van der Waals surface area contributed by atoms with Gasteiger partial charge in [-0.2, -0.15) is 0 Å². The number of rotatable bonds is 2. The zero-order valence-electron chi connectivity index (χ0n) is 10.1. The summed E-state index contributed by atoms with van der Waals surface area (Å²) in [5, 5.41) is 0.585. The molecule has 4 nitrogen and oxygen atoms in total. The van der Waals surface area contributed by atoms with E-state index in [0.717, 1.165) is 5.56 Å². The summed E-state index contributed by atoms with van der Waals surface area (Å²) in [6.45, 7) is 1.71. The predicted molar refractivity (Wildman–Crippen MR) is 65.0 cm³/mol. The number of esters is 2. The van der Waals surface area contributed by atoms with Crippen molar-refractivity contribution in [3.05, 3.63) is 34.9 Å². The molecule has 2 rings (SSSR count). The van der Waals surface area contributed by atoms with E-state index in [0.29, 0.717) is 5.02 Å². The minimum atomic E-state index is -0.991. The maximum atomic E-state index is 11.7. The van der Waals surface area contributed by atoms with Crippen LogP contribution in [0.15, 0.2) is 24.3 Å². The number of halogens is 1. The molecule has 1 aliphatic heterocycles. The Morgan fingerprint density at radius 2 is 2.06 bits per heavy atom. The molecule has 0 aliphatic carbocycles. The largest absolute Gasteiger partial charge is 0.469 e. The van der Waals surface area contributed by atoms with Crippen LogP contribution in [0.4, 0.5) is 0 Å². The van der Waals surface area contributed by atoms with Crippen molar-refractivity contribution in [2.45, 2.75) is 18.9 Å². The molecule has 1 aromatic carbocycles. The highest BCUT2D eigenvalue weighted by Crippen LogP contribution is 2.42. The van der Waals surface area contributed by atoms with E-state index in [1.165, 1.54) is 7.11 Å². The Labute approximate surface area is 110 Å². The van der Waals surface area contributed by atoms with Gasteiger partial charge in [0, 0.05) is 5.02 Å². The molecule has 0 spiro atoms. The van der Waals surface area contributed by atoms with E-state index in [1.807, 2.05) is 0 Å². The molecule has 0 aromatic heterocycles. The fourth-order valence-corrected chi connectivity index (χ4v) is 2.33. The smallest absolute Gasteiger partial charge is 0.313 e. The fourth-order valence-electron chi connectivity index (χ4n) is 2.20. The SMILES string of the molecule is COC(=O)C1CC(=O)O[C@]1(C)c1ccc(Cl)cc1. The van der Waals surface area contributed by atoms with Crippen LogP contribution in [0.25, 0.3) is 0 Å². The van der Waals surface area contributed by atoms with E-state index in [4.69, 9.17) is 21.1 Å². The van der Waals surface area contributed by atoms with E-state index in [-0.39, 0.29) is 6.42 Å². The minimum Gasteiger partial charge on any atom is -0.469 e. The lowest BCUT2D eigenvalue weighted by Gasteiger charge is -2.28. The third kappa shape index (κ3) is 2.08. The standard InChI is InChI=1S/C13H13ClO4/c1-13(8-3-5-9(14)6-4-8)10(12(16)17-2)7-11(15)18-13/h3-6,10H,7H2,1-2H3/t10?,13-/m1/s1. The molecule has 1 unspecified atom stereocenters. The second-order valence-corrected chi connectivity index (χ2v) is 4.80. The van der Waals surface area contributed by atoms with Crippen molar-refractivity contribution < 1.29 is 19.1 Å². The Bertz CT molecular complexity index is 482. The van der Waals surface area contributed by atoms with Gasteiger partial charge in [0.25, 0.3) is 0 Å². The summed E-state index contributed by atoms with van der Waals surface area (Å²) < 4.78 is 10.1. The molecule has 18 heavy (non-hydrogen) atoms. The van der Waals surface area contributed by atoms with Crippen molar-refractivity contribution in [2.75, 3.05) is 7.11 Å². The molecule has 1 heterocycles. The van der Waals surface area contributed by atoms with Gasteiger partial charge in [0.1, 0.15) is 11.5 Å². The Balaban J connectivity index is 2.40. The Kier molecular flexibility index (Phi) is 3.30. The topological polar surface area (TPSA) is 52.6 Å². The summed E-state index contributed by atoms with van der Waals surface area (Å²) in [5.74, 6) is -1.47. The van der Waals surface area contributed by atoms with E-state index in [2.05, 4.69) is 0 Å². The average molecular weight is 269 g/mol. The normalized spacial score (nSPS) is 26.8. The van der Waals surface area contributed by atoms with Crippen LogP contribution in [0.3, 0.4) is 0 Å². The lowest BCUT2D eigenvalue weighted by Crippen LogP contribution is -2.34. The number of cyclic esters (lactones) is 1. The number of ether oxygens (including phenoxy) is 2. The van der Waals surface area contributed by atoms with Crippen molar-refractivity contribution in [1.82, 2.24) is 0 Å². The Morgan fingerprint density at radius 1 is 1.44 bits per heavy atom. The molecule has 0 radical (unpaired) electrons. The number of carbonyl (C=O) groups is 2. The van der Waals surface area contributed by atoms with Crippen molar-refractivity contribution in [3.8, 4) is 0 Å². The third-order valence-corrected chi connectivity index (χ3v) is 3.52. The molecule has 0 N–H and O–H groups in total. The molecule has 0 saturated carbocycles. The summed E-state index contributed by atoms with van der Waals surface area (Å²) in [6, 6.07) is 6.89. The van der Waals surface area contributed by atoms with Gasteiger partial charge in [-0.1, -0.05) is 23.7 Å². The van der Waals surface area contributed by atoms with Crippen LogP contribution in [0, 0.1) is 5.92 Å². The first kappa shape index (κ1) is 12.9. The molecule has 1 fully saturated rings. The minimum absolute atomic E-state index is 0.0335. The maximum Gasteiger partial charge on any atom is 0.313 e. The van der Waals surface area contributed by atoms with Crippen LogP contribution in [-0.4, -0.2) is 19.0 Å². The monoisotopic (exact) mass is 268 g/mol. The summed E-state index contributed by atoms with van der Waals surface area (Å²) in [5.41, 5.74) is -0.262. The first-order valence-electron chi connectivity index (χ1n) is 5.53. The van der Waals surface area contributed by atoms with Crippen molar-refractivity contribution >= 4 is 23.5 Å². The van der Waals surface area contributed by atoms with Crippen LogP contribution in [0.2, 0.25) is 5.02 Å². The molecule has 0 amide bonds. The van der Waals surface area contributed by atoms with Crippen molar-refractivity contribution in [1.29, 1.82) is 0 Å². The fraction of sp³-hybridized carbons (Fsp3) is 0.385. The zero-order valence-corrected chi connectivity index (χ0v) is 10.9. The van der Waals surface area contributed by atoms with Gasteiger partial charge in [0.05, 0.1) is 13.5 Å². The lowest BCUT2D eigenvalue weighted by molar-refractivity contribution is -0.155. The molecule has 96 valence electrons. The quantitative estimate of drug-likeness (QED) is 0.772. The number of benzene rings is 1. The van der Waals surface area contributed by atoms with E-state index in [9.17, 15) is 9.59 Å².